The molecule has 0 aliphatic heterocycles. The number of anilines is 1. The van der Waals surface area contributed by atoms with Gasteiger partial charge >= 0.3 is 11.7 Å². The van der Waals surface area contributed by atoms with Crippen LogP contribution >= 0.6 is 0 Å². The minimum absolute atomic E-state index is 0.338. The number of carbonyl (C=O) groups is 1. The first-order valence-corrected chi connectivity index (χ1v) is 4.39. The van der Waals surface area contributed by atoms with Crippen molar-refractivity contribution in [1.29, 1.82) is 0 Å². The highest BCUT2D eigenvalue weighted by molar-refractivity contribution is 5.72. The zero-order valence-corrected chi connectivity index (χ0v) is 8.65. The lowest BCUT2D eigenvalue weighted by Crippen LogP contribution is -2.36. The van der Waals surface area contributed by atoms with Crippen LogP contribution in [0.1, 0.15) is 0 Å². The standard InChI is InChI=1S/C4H5N3O.C4H8O5/c5-3-1-2-6-4(8)7-3;5-1-2(6)3(7)4(8)9/h1-2H,(H3,5,6,7,8);2-3,5-7H,1H2,(H,8,9)/t;2-,3+/m.1/s1. The van der Waals surface area contributed by atoms with Gasteiger partial charge in [-0.2, -0.15) is 0 Å². The third-order valence-electron chi connectivity index (χ3n) is 1.50. The first-order valence-electron chi connectivity index (χ1n) is 4.39. The van der Waals surface area contributed by atoms with E-state index in [1.807, 2.05) is 0 Å². The highest BCUT2D eigenvalue weighted by Crippen LogP contribution is 1.90. The molecule has 1 aromatic rings. The SMILES string of the molecule is Nc1ccnc(=O)[nH]1.O=C(O)[C@@H](O)[C@H](O)CO. The van der Waals surface area contributed by atoms with Crippen molar-refractivity contribution in [3.8, 4) is 0 Å². The number of nitrogens with one attached hydrogen (secondary N) is 1. The van der Waals surface area contributed by atoms with Crippen LogP contribution in [-0.4, -0.2) is 55.2 Å². The van der Waals surface area contributed by atoms with E-state index in [4.69, 9.17) is 26.2 Å². The molecule has 0 aliphatic rings. The number of aromatic nitrogens is 2. The van der Waals surface area contributed by atoms with E-state index in [1.54, 1.807) is 0 Å². The Hall–Kier alpha value is -1.97. The molecule has 0 aromatic carbocycles. The summed E-state index contributed by atoms with van der Waals surface area (Å²) < 4.78 is 0. The fraction of sp³-hybridized carbons (Fsp3) is 0.375. The Morgan fingerprint density at radius 3 is 2.35 bits per heavy atom. The third kappa shape index (κ3) is 6.25. The molecular formula is C8H13N3O6. The predicted molar refractivity (Wildman–Crippen MR) is 56.0 cm³/mol. The van der Waals surface area contributed by atoms with Crippen molar-refractivity contribution in [2.75, 3.05) is 12.3 Å². The summed E-state index contributed by atoms with van der Waals surface area (Å²) in [7, 11) is 0. The van der Waals surface area contributed by atoms with Gasteiger partial charge in [-0.05, 0) is 6.07 Å². The first-order chi connectivity index (χ1) is 7.88. The summed E-state index contributed by atoms with van der Waals surface area (Å²) in [6.07, 6.45) is -2.13. The van der Waals surface area contributed by atoms with Gasteiger partial charge in [0.25, 0.3) is 0 Å². The lowest BCUT2D eigenvalue weighted by Gasteiger charge is -2.09. The molecule has 1 rings (SSSR count). The molecule has 17 heavy (non-hydrogen) atoms. The number of hydrogen-bond acceptors (Lipinski definition) is 7. The van der Waals surface area contributed by atoms with E-state index in [9.17, 15) is 9.59 Å². The average Bonchev–Trinajstić information content (AvgIpc) is 2.27. The van der Waals surface area contributed by atoms with Crippen molar-refractivity contribution in [3.05, 3.63) is 22.7 Å². The van der Waals surface area contributed by atoms with E-state index >= 15 is 0 Å². The van der Waals surface area contributed by atoms with E-state index in [1.165, 1.54) is 12.3 Å². The van der Waals surface area contributed by atoms with E-state index in [0.29, 0.717) is 5.82 Å². The highest BCUT2D eigenvalue weighted by Gasteiger charge is 2.21. The van der Waals surface area contributed by atoms with Crippen LogP contribution in [0.4, 0.5) is 5.82 Å². The summed E-state index contributed by atoms with van der Waals surface area (Å²) in [5.74, 6) is -1.21. The van der Waals surface area contributed by atoms with Gasteiger partial charge < -0.3 is 26.2 Å². The molecule has 1 aromatic heterocycles. The smallest absolute Gasteiger partial charge is 0.346 e. The normalized spacial score (nSPS) is 13.1. The Labute approximate surface area is 95.2 Å². The van der Waals surface area contributed by atoms with E-state index in [2.05, 4.69) is 9.97 Å². The second-order valence-electron chi connectivity index (χ2n) is 2.86. The molecule has 0 saturated heterocycles. The Balaban J connectivity index is 0.000000302. The lowest BCUT2D eigenvalue weighted by molar-refractivity contribution is -0.154. The maximum absolute atomic E-state index is 10.2. The first kappa shape index (κ1) is 15.0. The second-order valence-corrected chi connectivity index (χ2v) is 2.86. The zero-order valence-electron chi connectivity index (χ0n) is 8.65. The topological polar surface area (TPSA) is 170 Å². The van der Waals surface area contributed by atoms with E-state index in [0.717, 1.165) is 0 Å². The maximum Gasteiger partial charge on any atom is 0.346 e. The number of carboxylic acids is 1. The van der Waals surface area contributed by atoms with Crippen LogP contribution in [0.2, 0.25) is 0 Å². The summed E-state index contributed by atoms with van der Waals surface area (Å²) >= 11 is 0. The quantitative estimate of drug-likeness (QED) is 0.331. The molecular weight excluding hydrogens is 234 g/mol. The number of carboxylic acid groups (broad SMARTS) is 1. The van der Waals surface area contributed by atoms with Crippen molar-refractivity contribution in [2.45, 2.75) is 12.2 Å². The van der Waals surface area contributed by atoms with Crippen molar-refractivity contribution < 1.29 is 25.2 Å². The molecule has 0 amide bonds. The van der Waals surface area contributed by atoms with Gasteiger partial charge in [0.05, 0.1) is 6.61 Å². The average molecular weight is 247 g/mol. The summed E-state index contributed by atoms with van der Waals surface area (Å²) in [6.45, 7) is -0.756. The van der Waals surface area contributed by atoms with Gasteiger partial charge in [0.15, 0.2) is 6.10 Å². The van der Waals surface area contributed by atoms with Crippen molar-refractivity contribution in [2.24, 2.45) is 0 Å². The minimum atomic E-state index is -1.89. The van der Waals surface area contributed by atoms with Crippen molar-refractivity contribution in [1.82, 2.24) is 9.97 Å². The molecule has 9 nitrogen and oxygen atoms in total. The molecule has 9 heteroatoms. The molecule has 2 atom stereocenters. The molecule has 0 radical (unpaired) electrons. The van der Waals surface area contributed by atoms with Crippen molar-refractivity contribution >= 4 is 11.8 Å². The highest BCUT2D eigenvalue weighted by atomic mass is 16.4. The van der Waals surface area contributed by atoms with Crippen molar-refractivity contribution in [3.63, 3.8) is 0 Å². The largest absolute Gasteiger partial charge is 0.479 e. The maximum atomic E-state index is 10.2. The van der Waals surface area contributed by atoms with Crippen LogP contribution in [0.15, 0.2) is 17.1 Å². The molecule has 0 unspecified atom stereocenters. The number of nitrogens with two attached hydrogens (primary N) is 1. The Morgan fingerprint density at radius 1 is 1.53 bits per heavy atom. The molecule has 0 fully saturated rings. The monoisotopic (exact) mass is 247 g/mol. The summed E-state index contributed by atoms with van der Waals surface area (Å²) in [4.78, 5) is 25.7. The van der Waals surface area contributed by atoms with Crippen LogP contribution in [0.25, 0.3) is 0 Å². The summed E-state index contributed by atoms with van der Waals surface area (Å²) in [6, 6.07) is 1.52. The number of H-pyrrole nitrogens is 1. The van der Waals surface area contributed by atoms with Crippen LogP contribution < -0.4 is 11.4 Å². The predicted octanol–water partition coefficient (Wildman–Crippen LogP) is -2.86. The minimum Gasteiger partial charge on any atom is -0.479 e. The number of aliphatic carboxylic acids is 1. The Kier molecular flexibility index (Phi) is 6.48. The molecule has 0 saturated carbocycles. The number of nitrogens with zero attached hydrogens (tertiary/aromatic N) is 1. The zero-order chi connectivity index (χ0) is 13.4. The van der Waals surface area contributed by atoms with Gasteiger partial charge in [-0.1, -0.05) is 0 Å². The van der Waals surface area contributed by atoms with Gasteiger partial charge in [-0.25, -0.2) is 14.6 Å². The number of rotatable bonds is 3. The number of aromatic amines is 1. The molecule has 7 N–H and O–H groups in total. The number of hydrogen-bond donors (Lipinski definition) is 6. The van der Waals surface area contributed by atoms with Gasteiger partial charge in [0.1, 0.15) is 11.9 Å². The molecule has 0 bridgehead atoms. The molecule has 0 spiro atoms. The number of aliphatic hydroxyl groups excluding tert-OH is 3. The van der Waals surface area contributed by atoms with Gasteiger partial charge in [-0.3, -0.25) is 4.98 Å². The van der Waals surface area contributed by atoms with Gasteiger partial charge in [0.2, 0.25) is 0 Å². The van der Waals surface area contributed by atoms with Gasteiger partial charge in [-0.15, -0.1) is 0 Å². The van der Waals surface area contributed by atoms with Crippen LogP contribution in [0, 0.1) is 0 Å². The lowest BCUT2D eigenvalue weighted by atomic mass is 10.2. The van der Waals surface area contributed by atoms with Gasteiger partial charge in [0, 0.05) is 6.20 Å². The second kappa shape index (κ2) is 7.33. The third-order valence-corrected chi connectivity index (χ3v) is 1.50. The fourth-order valence-corrected chi connectivity index (χ4v) is 0.647. The number of nitrogen functional groups attached to an aromatic ring is 1. The Bertz CT molecular complexity index is 406. The summed E-state index contributed by atoms with van der Waals surface area (Å²) in [5, 5.41) is 32.8. The number of aliphatic hydroxyl groups is 3. The molecule has 0 aliphatic carbocycles. The van der Waals surface area contributed by atoms with E-state index in [-0.39, 0.29) is 0 Å². The Morgan fingerprint density at radius 2 is 2.12 bits per heavy atom. The van der Waals surface area contributed by atoms with E-state index < -0.39 is 30.5 Å². The fourth-order valence-electron chi connectivity index (χ4n) is 0.647. The summed E-state index contributed by atoms with van der Waals surface area (Å²) in [5.41, 5.74) is 4.75. The van der Waals surface area contributed by atoms with Crippen LogP contribution in [0.3, 0.4) is 0 Å². The van der Waals surface area contributed by atoms with Crippen LogP contribution in [-0.2, 0) is 4.79 Å². The molecule has 1 heterocycles. The van der Waals surface area contributed by atoms with Crippen LogP contribution in [0.5, 0.6) is 0 Å². The molecule has 96 valence electrons.